The maximum atomic E-state index is 11.7. The number of carbonyl (C=O) groups is 1. The molecule has 1 aliphatic rings. The first-order chi connectivity index (χ1) is 12.2. The third-order valence-corrected chi connectivity index (χ3v) is 4.80. The normalized spacial score (nSPS) is 15.4. The molecular formula is C20H33IN4O. The summed E-state index contributed by atoms with van der Waals surface area (Å²) >= 11 is 0. The van der Waals surface area contributed by atoms with Crippen LogP contribution in [-0.2, 0) is 10.2 Å². The van der Waals surface area contributed by atoms with E-state index in [0.29, 0.717) is 13.0 Å². The highest BCUT2D eigenvalue weighted by Crippen LogP contribution is 2.43. The number of rotatable bonds is 9. The summed E-state index contributed by atoms with van der Waals surface area (Å²) < 4.78 is 0. The lowest BCUT2D eigenvalue weighted by atomic mass is 9.64. The lowest BCUT2D eigenvalue weighted by Crippen LogP contribution is -2.42. The molecule has 0 saturated heterocycles. The summed E-state index contributed by atoms with van der Waals surface area (Å²) in [7, 11) is 0. The van der Waals surface area contributed by atoms with Gasteiger partial charge in [-0.3, -0.25) is 9.79 Å². The first kappa shape index (κ1) is 22.7. The lowest BCUT2D eigenvalue weighted by Gasteiger charge is -2.41. The van der Waals surface area contributed by atoms with Crippen molar-refractivity contribution in [1.29, 1.82) is 0 Å². The number of aliphatic imine (C=N–C) groups is 1. The Morgan fingerprint density at radius 1 is 1.08 bits per heavy atom. The summed E-state index contributed by atoms with van der Waals surface area (Å²) in [5.74, 6) is 0.887. The highest BCUT2D eigenvalue weighted by Gasteiger charge is 2.38. The van der Waals surface area contributed by atoms with Crippen LogP contribution >= 0.6 is 24.0 Å². The van der Waals surface area contributed by atoms with E-state index >= 15 is 0 Å². The number of benzene rings is 1. The molecule has 0 aromatic heterocycles. The molecule has 0 bridgehead atoms. The highest BCUT2D eigenvalue weighted by molar-refractivity contribution is 14.0. The third kappa shape index (κ3) is 6.78. The Morgan fingerprint density at radius 2 is 1.81 bits per heavy atom. The minimum Gasteiger partial charge on any atom is -0.357 e. The number of nitrogens with zero attached hydrogens (tertiary/aromatic N) is 1. The molecule has 26 heavy (non-hydrogen) atoms. The van der Waals surface area contributed by atoms with Crippen LogP contribution in [0.5, 0.6) is 0 Å². The van der Waals surface area contributed by atoms with E-state index in [9.17, 15) is 4.79 Å². The second-order valence-corrected chi connectivity index (χ2v) is 6.72. The van der Waals surface area contributed by atoms with Gasteiger partial charge in [-0.25, -0.2) is 0 Å². The fourth-order valence-electron chi connectivity index (χ4n) is 3.15. The van der Waals surface area contributed by atoms with Gasteiger partial charge in [0.15, 0.2) is 5.96 Å². The molecule has 0 atom stereocenters. The lowest BCUT2D eigenvalue weighted by molar-refractivity contribution is -0.120. The fraction of sp³-hybridized carbons (Fsp3) is 0.600. The van der Waals surface area contributed by atoms with Crippen LogP contribution in [-0.4, -0.2) is 38.0 Å². The number of hydrogen-bond donors (Lipinski definition) is 3. The molecule has 0 heterocycles. The zero-order valence-electron chi connectivity index (χ0n) is 16.0. The predicted octanol–water partition coefficient (Wildman–Crippen LogP) is 3.20. The molecule has 0 spiro atoms. The maximum Gasteiger partial charge on any atom is 0.221 e. The largest absolute Gasteiger partial charge is 0.357 e. The van der Waals surface area contributed by atoms with Crippen molar-refractivity contribution in [1.82, 2.24) is 16.0 Å². The van der Waals surface area contributed by atoms with Crippen LogP contribution in [0.25, 0.3) is 0 Å². The van der Waals surface area contributed by atoms with Crippen molar-refractivity contribution in [3.8, 4) is 0 Å². The van der Waals surface area contributed by atoms with Gasteiger partial charge in [-0.05, 0) is 31.7 Å². The number of amides is 1. The summed E-state index contributed by atoms with van der Waals surface area (Å²) in [5.41, 5.74) is 1.57. The first-order valence-corrected chi connectivity index (χ1v) is 9.54. The van der Waals surface area contributed by atoms with Crippen LogP contribution in [0.15, 0.2) is 35.3 Å². The SMILES string of the molecule is CCCNC(=O)CCNC(=NCC1(c2ccccc2)CCC1)NCC.I. The van der Waals surface area contributed by atoms with Crippen LogP contribution in [0.1, 0.15) is 51.5 Å². The Labute approximate surface area is 174 Å². The number of nitrogens with one attached hydrogen (secondary N) is 3. The van der Waals surface area contributed by atoms with Crippen molar-refractivity contribution in [3.05, 3.63) is 35.9 Å². The molecule has 3 N–H and O–H groups in total. The highest BCUT2D eigenvalue weighted by atomic mass is 127. The van der Waals surface area contributed by atoms with E-state index < -0.39 is 0 Å². The average molecular weight is 472 g/mol. The molecule has 1 amide bonds. The summed E-state index contributed by atoms with van der Waals surface area (Å²) in [6.45, 7) is 7.05. The third-order valence-electron chi connectivity index (χ3n) is 4.80. The Bertz CT molecular complexity index is 558. The topological polar surface area (TPSA) is 65.5 Å². The molecular weight excluding hydrogens is 439 g/mol. The smallest absolute Gasteiger partial charge is 0.221 e. The molecule has 0 unspecified atom stereocenters. The van der Waals surface area contributed by atoms with Gasteiger partial charge < -0.3 is 16.0 Å². The van der Waals surface area contributed by atoms with Crippen LogP contribution in [0.4, 0.5) is 0 Å². The summed E-state index contributed by atoms with van der Waals surface area (Å²) in [5, 5.41) is 9.45. The van der Waals surface area contributed by atoms with Crippen molar-refractivity contribution < 1.29 is 4.79 Å². The van der Waals surface area contributed by atoms with E-state index in [2.05, 4.69) is 60.1 Å². The number of guanidine groups is 1. The van der Waals surface area contributed by atoms with Gasteiger partial charge in [0.25, 0.3) is 0 Å². The molecule has 2 rings (SSSR count). The quantitative estimate of drug-likeness (QED) is 0.294. The molecule has 146 valence electrons. The minimum atomic E-state index is 0. The first-order valence-electron chi connectivity index (χ1n) is 9.54. The zero-order valence-corrected chi connectivity index (χ0v) is 18.3. The van der Waals surface area contributed by atoms with Gasteiger partial charge in [0.05, 0.1) is 6.54 Å². The van der Waals surface area contributed by atoms with E-state index in [4.69, 9.17) is 4.99 Å². The van der Waals surface area contributed by atoms with Crippen LogP contribution in [0.3, 0.4) is 0 Å². The number of hydrogen-bond acceptors (Lipinski definition) is 2. The predicted molar refractivity (Wildman–Crippen MR) is 119 cm³/mol. The van der Waals surface area contributed by atoms with Crippen molar-refractivity contribution in [2.24, 2.45) is 4.99 Å². The van der Waals surface area contributed by atoms with E-state index in [1.807, 2.05) is 0 Å². The minimum absolute atomic E-state index is 0. The molecule has 5 nitrogen and oxygen atoms in total. The molecule has 0 aliphatic heterocycles. The van der Waals surface area contributed by atoms with Gasteiger partial charge >= 0.3 is 0 Å². The summed E-state index contributed by atoms with van der Waals surface area (Å²) in [6, 6.07) is 10.7. The second kappa shape index (κ2) is 12.1. The average Bonchev–Trinajstić information content (AvgIpc) is 2.60. The van der Waals surface area contributed by atoms with E-state index in [1.54, 1.807) is 0 Å². The van der Waals surface area contributed by atoms with E-state index in [0.717, 1.165) is 32.0 Å². The molecule has 1 aliphatic carbocycles. The molecule has 6 heteroatoms. The Hall–Kier alpha value is -1.31. The van der Waals surface area contributed by atoms with Crippen LogP contribution in [0.2, 0.25) is 0 Å². The second-order valence-electron chi connectivity index (χ2n) is 6.72. The van der Waals surface area contributed by atoms with Crippen LogP contribution < -0.4 is 16.0 Å². The Kier molecular flexibility index (Phi) is 10.6. The Balaban J connectivity index is 0.00000338. The van der Waals surface area contributed by atoms with Crippen molar-refractivity contribution in [3.63, 3.8) is 0 Å². The number of carbonyl (C=O) groups excluding carboxylic acids is 1. The van der Waals surface area contributed by atoms with Gasteiger partial charge in [0.2, 0.25) is 5.91 Å². The van der Waals surface area contributed by atoms with Gasteiger partial charge in [-0.2, -0.15) is 0 Å². The van der Waals surface area contributed by atoms with Gasteiger partial charge in [-0.15, -0.1) is 24.0 Å². The Morgan fingerprint density at radius 3 is 2.38 bits per heavy atom. The maximum absolute atomic E-state index is 11.7. The number of halogens is 1. The monoisotopic (exact) mass is 472 g/mol. The molecule has 0 radical (unpaired) electrons. The zero-order chi connectivity index (χ0) is 18.0. The van der Waals surface area contributed by atoms with E-state index in [1.165, 1.54) is 24.8 Å². The molecule has 1 aromatic carbocycles. The van der Waals surface area contributed by atoms with Crippen molar-refractivity contribution in [2.45, 2.75) is 51.4 Å². The molecule has 1 saturated carbocycles. The van der Waals surface area contributed by atoms with Gasteiger partial charge in [0.1, 0.15) is 0 Å². The van der Waals surface area contributed by atoms with Crippen molar-refractivity contribution >= 4 is 35.8 Å². The molecule has 1 aromatic rings. The summed E-state index contributed by atoms with van der Waals surface area (Å²) in [6.07, 6.45) is 5.09. The molecule has 1 fully saturated rings. The van der Waals surface area contributed by atoms with Crippen LogP contribution in [0, 0.1) is 0 Å². The van der Waals surface area contributed by atoms with E-state index in [-0.39, 0.29) is 35.3 Å². The standard InChI is InChI=1S/C20H32N4O.HI/c1-3-14-22-18(25)11-15-23-19(21-4-2)24-16-20(12-8-13-20)17-9-6-5-7-10-17;/h5-7,9-10H,3-4,8,11-16H2,1-2H3,(H,22,25)(H2,21,23,24);1H. The van der Waals surface area contributed by atoms with Gasteiger partial charge in [-0.1, -0.05) is 43.7 Å². The van der Waals surface area contributed by atoms with Crippen molar-refractivity contribution in [2.75, 3.05) is 26.2 Å². The summed E-state index contributed by atoms with van der Waals surface area (Å²) in [4.78, 5) is 16.5. The fourth-order valence-corrected chi connectivity index (χ4v) is 3.15. The van der Waals surface area contributed by atoms with Gasteiger partial charge in [0, 0.05) is 31.5 Å².